The Morgan fingerprint density at radius 3 is 2.38 bits per heavy atom. The Morgan fingerprint density at radius 1 is 1.14 bits per heavy atom. The van der Waals surface area contributed by atoms with Crippen LogP contribution in [0.25, 0.3) is 6.08 Å². The summed E-state index contributed by atoms with van der Waals surface area (Å²) in [5.41, 5.74) is 1.35. The zero-order valence-corrected chi connectivity index (χ0v) is 14.9. The van der Waals surface area contributed by atoms with E-state index < -0.39 is 29.4 Å². The van der Waals surface area contributed by atoms with Crippen molar-refractivity contribution in [2.45, 2.75) is 6.61 Å². The van der Waals surface area contributed by atoms with Crippen molar-refractivity contribution in [3.8, 4) is 5.75 Å². The van der Waals surface area contributed by atoms with Crippen molar-refractivity contribution in [1.82, 2.24) is 10.2 Å². The van der Waals surface area contributed by atoms with Crippen LogP contribution in [-0.2, 0) is 16.2 Å². The molecule has 2 aromatic rings. The summed E-state index contributed by atoms with van der Waals surface area (Å²) in [5, 5.41) is 21.7. The first-order chi connectivity index (χ1) is 13.8. The van der Waals surface area contributed by atoms with Crippen LogP contribution >= 0.6 is 0 Å². The number of benzene rings is 2. The maximum atomic E-state index is 12.1. The van der Waals surface area contributed by atoms with Crippen molar-refractivity contribution in [1.29, 1.82) is 0 Å². The van der Waals surface area contributed by atoms with Gasteiger partial charge < -0.3 is 15.2 Å². The molecule has 2 N–H and O–H groups in total. The molecule has 3 amide bonds. The number of urea groups is 1. The number of hydrogen-bond acceptors (Lipinski definition) is 6. The molecule has 10 nitrogen and oxygen atoms in total. The topological polar surface area (TPSA) is 139 Å². The van der Waals surface area contributed by atoms with Crippen LogP contribution in [0, 0.1) is 10.1 Å². The van der Waals surface area contributed by atoms with E-state index in [0.29, 0.717) is 16.2 Å². The molecule has 0 radical (unpaired) electrons. The van der Waals surface area contributed by atoms with Gasteiger partial charge in [0, 0.05) is 12.1 Å². The van der Waals surface area contributed by atoms with Gasteiger partial charge >= 0.3 is 12.0 Å². The average molecular weight is 397 g/mol. The second-order valence-corrected chi connectivity index (χ2v) is 6.05. The Bertz CT molecular complexity index is 997. The quantitative estimate of drug-likeness (QED) is 0.316. The van der Waals surface area contributed by atoms with Gasteiger partial charge in [0.1, 0.15) is 24.6 Å². The van der Waals surface area contributed by atoms with E-state index in [2.05, 4.69) is 5.32 Å². The number of nitrogens with zero attached hydrogens (tertiary/aromatic N) is 2. The number of ether oxygens (including phenoxy) is 1. The number of non-ortho nitro benzene ring substituents is 1. The third kappa shape index (κ3) is 4.75. The summed E-state index contributed by atoms with van der Waals surface area (Å²) in [4.78, 5) is 45.3. The number of aliphatic carboxylic acids is 1. The molecule has 1 saturated heterocycles. The smallest absolute Gasteiger partial charge is 0.329 e. The minimum Gasteiger partial charge on any atom is -0.489 e. The van der Waals surface area contributed by atoms with Crippen LogP contribution in [0.5, 0.6) is 5.75 Å². The lowest BCUT2D eigenvalue weighted by atomic mass is 10.2. The minimum absolute atomic E-state index is 0.00149. The van der Waals surface area contributed by atoms with E-state index >= 15 is 0 Å². The predicted molar refractivity (Wildman–Crippen MR) is 99.7 cm³/mol. The fraction of sp³-hybridized carbons (Fsp3) is 0.105. The first-order valence-corrected chi connectivity index (χ1v) is 8.36. The first-order valence-electron chi connectivity index (χ1n) is 8.36. The molecule has 1 heterocycles. The zero-order chi connectivity index (χ0) is 21.0. The highest BCUT2D eigenvalue weighted by molar-refractivity contribution is 6.15. The monoisotopic (exact) mass is 397 g/mol. The maximum absolute atomic E-state index is 12.1. The lowest BCUT2D eigenvalue weighted by molar-refractivity contribution is -0.384. The molecule has 148 valence electrons. The molecule has 1 aliphatic heterocycles. The Morgan fingerprint density at radius 2 is 1.79 bits per heavy atom. The molecule has 0 aromatic heterocycles. The lowest BCUT2D eigenvalue weighted by Gasteiger charge is -2.07. The summed E-state index contributed by atoms with van der Waals surface area (Å²) >= 11 is 0. The first kappa shape index (κ1) is 19.5. The predicted octanol–water partition coefficient (Wildman–Crippen LogP) is 2.15. The molecule has 1 aliphatic rings. The third-order valence-electron chi connectivity index (χ3n) is 4.00. The Kier molecular flexibility index (Phi) is 5.54. The molecule has 0 saturated carbocycles. The summed E-state index contributed by atoms with van der Waals surface area (Å²) in [6.45, 7) is -0.492. The maximum Gasteiger partial charge on any atom is 0.329 e. The number of hydrogen-bond donors (Lipinski definition) is 2. The van der Waals surface area contributed by atoms with E-state index in [1.807, 2.05) is 0 Å². The molecule has 0 aliphatic carbocycles. The molecule has 0 unspecified atom stereocenters. The summed E-state index contributed by atoms with van der Waals surface area (Å²) in [5.74, 6) is -1.46. The van der Waals surface area contributed by atoms with Gasteiger partial charge in [0.15, 0.2) is 0 Å². The molecule has 1 fully saturated rings. The highest BCUT2D eigenvalue weighted by atomic mass is 16.6. The fourth-order valence-electron chi connectivity index (χ4n) is 2.56. The van der Waals surface area contributed by atoms with E-state index in [0.717, 1.165) is 5.56 Å². The van der Waals surface area contributed by atoms with Crippen LogP contribution in [0.3, 0.4) is 0 Å². The van der Waals surface area contributed by atoms with Gasteiger partial charge in [-0.1, -0.05) is 12.1 Å². The van der Waals surface area contributed by atoms with Crippen LogP contribution < -0.4 is 10.1 Å². The lowest BCUT2D eigenvalue weighted by Crippen LogP contribution is -2.35. The molecular formula is C19H15N3O7. The number of carboxylic acids is 1. The highest BCUT2D eigenvalue weighted by Gasteiger charge is 2.34. The van der Waals surface area contributed by atoms with Gasteiger partial charge in [-0.3, -0.25) is 19.7 Å². The minimum atomic E-state index is -1.29. The number of nitro benzene ring substituents is 1. The van der Waals surface area contributed by atoms with Gasteiger partial charge in [-0.15, -0.1) is 0 Å². The Hall–Kier alpha value is -4.21. The molecule has 0 atom stereocenters. The molecule has 0 bridgehead atoms. The SMILES string of the molecule is O=C(O)CN1C(=O)N/C(=C/c2ccc(OCc3ccc([N+](=O)[O-])cc3)cc2)C1=O. The van der Waals surface area contributed by atoms with Crippen LogP contribution in [0.2, 0.25) is 0 Å². The van der Waals surface area contributed by atoms with Crippen molar-refractivity contribution in [3.05, 3.63) is 75.5 Å². The Labute approximate surface area is 164 Å². The normalized spacial score (nSPS) is 14.8. The number of rotatable bonds is 7. The molecule has 29 heavy (non-hydrogen) atoms. The summed E-state index contributed by atoms with van der Waals surface area (Å²) in [6, 6.07) is 11.9. The van der Waals surface area contributed by atoms with E-state index in [-0.39, 0.29) is 18.0 Å². The van der Waals surface area contributed by atoms with Gasteiger partial charge in [-0.2, -0.15) is 0 Å². The van der Waals surface area contributed by atoms with Crippen molar-refractivity contribution in [3.63, 3.8) is 0 Å². The molecule has 2 aromatic carbocycles. The van der Waals surface area contributed by atoms with Crippen LogP contribution in [0.4, 0.5) is 10.5 Å². The molecule has 10 heteroatoms. The van der Waals surface area contributed by atoms with Gasteiger partial charge in [0.05, 0.1) is 4.92 Å². The molecule has 0 spiro atoms. The van der Waals surface area contributed by atoms with Crippen LogP contribution in [-0.4, -0.2) is 39.4 Å². The van der Waals surface area contributed by atoms with Gasteiger partial charge in [-0.05, 0) is 41.5 Å². The van der Waals surface area contributed by atoms with Crippen LogP contribution in [0.1, 0.15) is 11.1 Å². The zero-order valence-electron chi connectivity index (χ0n) is 14.9. The second kappa shape index (κ2) is 8.21. The van der Waals surface area contributed by atoms with E-state index in [1.54, 1.807) is 36.4 Å². The summed E-state index contributed by atoms with van der Waals surface area (Å²) in [7, 11) is 0. The second-order valence-electron chi connectivity index (χ2n) is 6.05. The van der Waals surface area contributed by atoms with Gasteiger partial charge in [-0.25, -0.2) is 9.69 Å². The van der Waals surface area contributed by atoms with Crippen molar-refractivity contribution >= 4 is 29.7 Å². The number of nitro groups is 1. The number of carbonyl (C=O) groups is 3. The Balaban J connectivity index is 1.62. The van der Waals surface area contributed by atoms with E-state index in [9.17, 15) is 24.5 Å². The van der Waals surface area contributed by atoms with E-state index in [1.165, 1.54) is 18.2 Å². The standard InChI is InChI=1S/C19H15N3O7/c23-17(24)10-21-18(25)16(20-19(21)26)9-12-3-7-15(8-4-12)29-11-13-1-5-14(6-2-13)22(27)28/h1-9H,10-11H2,(H,20,26)(H,23,24)/b16-9+. The largest absolute Gasteiger partial charge is 0.489 e. The molecular weight excluding hydrogens is 382 g/mol. The van der Waals surface area contributed by atoms with Gasteiger partial charge in [0.25, 0.3) is 11.6 Å². The number of carboxylic acid groups (broad SMARTS) is 1. The number of carbonyl (C=O) groups excluding carboxylic acids is 2. The fourth-order valence-corrected chi connectivity index (χ4v) is 2.56. The number of imide groups is 1. The van der Waals surface area contributed by atoms with E-state index in [4.69, 9.17) is 9.84 Å². The number of amides is 3. The van der Waals surface area contributed by atoms with Crippen LogP contribution in [0.15, 0.2) is 54.2 Å². The number of nitrogens with one attached hydrogen (secondary N) is 1. The average Bonchev–Trinajstić information content (AvgIpc) is 2.95. The van der Waals surface area contributed by atoms with Crippen molar-refractivity contribution in [2.75, 3.05) is 6.54 Å². The summed E-state index contributed by atoms with van der Waals surface area (Å²) < 4.78 is 5.62. The van der Waals surface area contributed by atoms with Crippen molar-refractivity contribution < 1.29 is 29.2 Å². The highest BCUT2D eigenvalue weighted by Crippen LogP contribution is 2.19. The van der Waals surface area contributed by atoms with Gasteiger partial charge in [0.2, 0.25) is 0 Å². The third-order valence-corrected chi connectivity index (χ3v) is 4.00. The molecule has 3 rings (SSSR count). The van der Waals surface area contributed by atoms with Crippen molar-refractivity contribution in [2.24, 2.45) is 0 Å². The summed E-state index contributed by atoms with van der Waals surface area (Å²) in [6.07, 6.45) is 1.43.